The van der Waals surface area contributed by atoms with Crippen molar-refractivity contribution in [2.24, 2.45) is 0 Å². The van der Waals surface area contributed by atoms with E-state index in [0.29, 0.717) is 11.3 Å². The lowest BCUT2D eigenvalue weighted by atomic mass is 10.1. The molecular formula is C14H14FN3O3. The maximum atomic E-state index is 13.6. The fraction of sp³-hybridized carbons (Fsp3) is 0.214. The Bertz CT molecular complexity index is 669. The predicted octanol–water partition coefficient (Wildman–Crippen LogP) is 1.94. The third kappa shape index (κ3) is 3.65. The molecule has 0 aliphatic carbocycles. The summed E-state index contributed by atoms with van der Waals surface area (Å²) in [4.78, 5) is 23.4. The summed E-state index contributed by atoms with van der Waals surface area (Å²) in [5.74, 6) is -1.58. The molecule has 2 amide bonds. The molecule has 0 spiro atoms. The molecule has 1 aromatic heterocycles. The molecule has 21 heavy (non-hydrogen) atoms. The van der Waals surface area contributed by atoms with Gasteiger partial charge in [0.2, 0.25) is 0 Å². The number of hydrogen-bond acceptors (Lipinski definition) is 4. The zero-order chi connectivity index (χ0) is 15.4. The molecule has 110 valence electrons. The molecule has 6 nitrogen and oxygen atoms in total. The molecule has 0 radical (unpaired) electrons. The first-order chi connectivity index (χ1) is 9.97. The number of halogens is 1. The first-order valence-corrected chi connectivity index (χ1v) is 6.27. The number of amides is 2. The minimum atomic E-state index is -0.897. The molecule has 0 saturated carbocycles. The first-order valence-electron chi connectivity index (χ1n) is 6.27. The van der Waals surface area contributed by atoms with E-state index in [-0.39, 0.29) is 5.82 Å². The summed E-state index contributed by atoms with van der Waals surface area (Å²) in [6, 6.07) is 6.87. The van der Waals surface area contributed by atoms with Crippen LogP contribution in [-0.4, -0.2) is 17.0 Å². The summed E-state index contributed by atoms with van der Waals surface area (Å²) >= 11 is 0. The van der Waals surface area contributed by atoms with Crippen molar-refractivity contribution in [3.8, 4) is 0 Å². The molecule has 1 aromatic carbocycles. The summed E-state index contributed by atoms with van der Waals surface area (Å²) in [5, 5.41) is 8.24. The smallest absolute Gasteiger partial charge is 0.314 e. The zero-order valence-electron chi connectivity index (χ0n) is 11.5. The first kappa shape index (κ1) is 14.7. The van der Waals surface area contributed by atoms with Gasteiger partial charge < -0.3 is 9.84 Å². The summed E-state index contributed by atoms with van der Waals surface area (Å²) in [5.41, 5.74) is 0.302. The van der Waals surface area contributed by atoms with Crippen molar-refractivity contribution >= 4 is 17.6 Å². The van der Waals surface area contributed by atoms with Gasteiger partial charge in [0.05, 0.1) is 6.04 Å². The third-order valence-corrected chi connectivity index (χ3v) is 2.80. The van der Waals surface area contributed by atoms with Gasteiger partial charge in [-0.2, -0.15) is 0 Å². The molecule has 0 aliphatic rings. The van der Waals surface area contributed by atoms with Gasteiger partial charge in [-0.1, -0.05) is 23.4 Å². The molecule has 0 bridgehead atoms. The Morgan fingerprint density at radius 2 is 2.00 bits per heavy atom. The van der Waals surface area contributed by atoms with Gasteiger partial charge in [-0.25, -0.2) is 4.39 Å². The minimum absolute atomic E-state index is 0.145. The Kier molecular flexibility index (Phi) is 4.32. The number of carbonyl (C=O) groups excluding carboxylic acids is 2. The van der Waals surface area contributed by atoms with Crippen LogP contribution in [0.15, 0.2) is 34.9 Å². The molecule has 2 N–H and O–H groups in total. The molecule has 7 heteroatoms. The van der Waals surface area contributed by atoms with Crippen molar-refractivity contribution in [3.63, 3.8) is 0 Å². The lowest BCUT2D eigenvalue weighted by Crippen LogP contribution is -2.37. The van der Waals surface area contributed by atoms with Crippen LogP contribution in [0.1, 0.15) is 24.3 Å². The number of nitrogens with zero attached hydrogens (tertiary/aromatic N) is 1. The van der Waals surface area contributed by atoms with Crippen LogP contribution in [0, 0.1) is 12.7 Å². The number of benzene rings is 1. The van der Waals surface area contributed by atoms with E-state index < -0.39 is 23.7 Å². The lowest BCUT2D eigenvalue weighted by Gasteiger charge is -2.14. The maximum Gasteiger partial charge on any atom is 0.314 e. The van der Waals surface area contributed by atoms with E-state index in [4.69, 9.17) is 4.52 Å². The highest BCUT2D eigenvalue weighted by Crippen LogP contribution is 2.16. The van der Waals surface area contributed by atoms with E-state index in [1.54, 1.807) is 32.0 Å². The van der Waals surface area contributed by atoms with Crippen molar-refractivity contribution in [3.05, 3.63) is 47.5 Å². The minimum Gasteiger partial charge on any atom is -0.360 e. The highest BCUT2D eigenvalue weighted by molar-refractivity contribution is 6.39. The largest absolute Gasteiger partial charge is 0.360 e. The standard InChI is InChI=1S/C14H14FN3O3/c1-8-7-12(18-21-8)17-14(20)13(19)16-9(2)10-5-3-4-6-11(10)15/h3-7,9H,1-2H3,(H,16,19)(H,17,18,20)/t9-/m0/s1. The summed E-state index contributed by atoms with van der Waals surface area (Å²) in [7, 11) is 0. The van der Waals surface area contributed by atoms with Crippen LogP contribution in [0.3, 0.4) is 0 Å². The molecule has 0 saturated heterocycles. The fourth-order valence-electron chi connectivity index (χ4n) is 1.76. The Morgan fingerprint density at radius 1 is 1.29 bits per heavy atom. The summed E-state index contributed by atoms with van der Waals surface area (Å²) < 4.78 is 18.3. The van der Waals surface area contributed by atoms with Gasteiger partial charge in [-0.3, -0.25) is 14.9 Å². The number of hydrogen-bond donors (Lipinski definition) is 2. The monoisotopic (exact) mass is 291 g/mol. The second-order valence-electron chi connectivity index (χ2n) is 4.49. The number of aromatic nitrogens is 1. The van der Waals surface area contributed by atoms with Gasteiger partial charge in [-0.05, 0) is 19.9 Å². The average Bonchev–Trinajstić information content (AvgIpc) is 2.84. The van der Waals surface area contributed by atoms with Gasteiger partial charge in [0.15, 0.2) is 5.82 Å². The topological polar surface area (TPSA) is 84.2 Å². The van der Waals surface area contributed by atoms with E-state index in [1.165, 1.54) is 12.1 Å². The molecule has 0 fully saturated rings. The molecule has 0 unspecified atom stereocenters. The normalized spacial score (nSPS) is 11.8. The number of nitrogens with one attached hydrogen (secondary N) is 2. The molecule has 1 heterocycles. The number of aryl methyl sites for hydroxylation is 1. The summed E-state index contributed by atoms with van der Waals surface area (Å²) in [6.07, 6.45) is 0. The van der Waals surface area contributed by atoms with Gasteiger partial charge in [0, 0.05) is 11.6 Å². The van der Waals surface area contributed by atoms with Crippen molar-refractivity contribution in [2.75, 3.05) is 5.32 Å². The Labute approximate surface area is 120 Å². The summed E-state index contributed by atoms with van der Waals surface area (Å²) in [6.45, 7) is 3.24. The molecule has 2 rings (SSSR count). The molecule has 1 atom stereocenters. The highest BCUT2D eigenvalue weighted by atomic mass is 19.1. The molecule has 2 aromatic rings. The number of rotatable bonds is 3. The van der Waals surface area contributed by atoms with Crippen molar-refractivity contribution < 1.29 is 18.5 Å². The van der Waals surface area contributed by atoms with E-state index >= 15 is 0 Å². The van der Waals surface area contributed by atoms with Gasteiger partial charge in [0.25, 0.3) is 0 Å². The van der Waals surface area contributed by atoms with Crippen molar-refractivity contribution in [1.82, 2.24) is 10.5 Å². The van der Waals surface area contributed by atoms with Gasteiger partial charge in [0.1, 0.15) is 11.6 Å². The van der Waals surface area contributed by atoms with E-state index in [2.05, 4.69) is 15.8 Å². The van der Waals surface area contributed by atoms with Gasteiger partial charge in [-0.15, -0.1) is 0 Å². The van der Waals surface area contributed by atoms with Crippen LogP contribution in [0.2, 0.25) is 0 Å². The Morgan fingerprint density at radius 3 is 2.62 bits per heavy atom. The van der Waals surface area contributed by atoms with Crippen LogP contribution < -0.4 is 10.6 Å². The van der Waals surface area contributed by atoms with Crippen LogP contribution in [0.25, 0.3) is 0 Å². The van der Waals surface area contributed by atoms with Crippen LogP contribution in [-0.2, 0) is 9.59 Å². The van der Waals surface area contributed by atoms with E-state index in [1.807, 2.05) is 0 Å². The SMILES string of the molecule is Cc1cc(NC(=O)C(=O)N[C@@H](C)c2ccccc2F)no1. The predicted molar refractivity (Wildman–Crippen MR) is 72.8 cm³/mol. The average molecular weight is 291 g/mol. The van der Waals surface area contributed by atoms with Crippen molar-refractivity contribution in [1.29, 1.82) is 0 Å². The lowest BCUT2D eigenvalue weighted by molar-refractivity contribution is -0.136. The van der Waals surface area contributed by atoms with Crippen LogP contribution >= 0.6 is 0 Å². The number of carbonyl (C=O) groups is 2. The molecule has 0 aliphatic heterocycles. The van der Waals surface area contributed by atoms with E-state index in [0.717, 1.165) is 0 Å². The quantitative estimate of drug-likeness (QED) is 0.846. The maximum absolute atomic E-state index is 13.6. The highest BCUT2D eigenvalue weighted by Gasteiger charge is 2.19. The van der Waals surface area contributed by atoms with Crippen molar-refractivity contribution in [2.45, 2.75) is 19.9 Å². The fourth-order valence-corrected chi connectivity index (χ4v) is 1.76. The van der Waals surface area contributed by atoms with Crippen LogP contribution in [0.4, 0.5) is 10.2 Å². The second kappa shape index (κ2) is 6.17. The Balaban J connectivity index is 1.97. The second-order valence-corrected chi connectivity index (χ2v) is 4.49. The van der Waals surface area contributed by atoms with E-state index in [9.17, 15) is 14.0 Å². The third-order valence-electron chi connectivity index (χ3n) is 2.80. The number of anilines is 1. The zero-order valence-corrected chi connectivity index (χ0v) is 11.5. The van der Waals surface area contributed by atoms with Crippen LogP contribution in [0.5, 0.6) is 0 Å². The Hall–Kier alpha value is -2.70. The van der Waals surface area contributed by atoms with Gasteiger partial charge >= 0.3 is 11.8 Å². The molecular weight excluding hydrogens is 277 g/mol.